The molecule has 3 aliphatic heterocycles. The fourth-order valence-corrected chi connectivity index (χ4v) is 6.22. The van der Waals surface area contributed by atoms with Crippen molar-refractivity contribution in [2.24, 2.45) is 5.41 Å². The molecule has 0 unspecified atom stereocenters. The van der Waals surface area contributed by atoms with E-state index in [1.165, 1.54) is 19.3 Å². The second-order valence-electron chi connectivity index (χ2n) is 12.4. The Hall–Kier alpha value is -2.49. The lowest BCUT2D eigenvalue weighted by atomic mass is 9.87. The first-order chi connectivity index (χ1) is 18.1. The highest BCUT2D eigenvalue weighted by Crippen LogP contribution is 2.31. The Bertz CT molecular complexity index is 1030. The predicted molar refractivity (Wildman–Crippen MR) is 144 cm³/mol. The van der Waals surface area contributed by atoms with Crippen LogP contribution >= 0.6 is 0 Å². The molecule has 4 atom stereocenters. The third kappa shape index (κ3) is 5.60. The number of likely N-dealkylation sites (tertiary alicyclic amines) is 1. The van der Waals surface area contributed by atoms with Crippen LogP contribution in [0.5, 0.6) is 0 Å². The number of fused-ring (bicyclic) bond motifs is 1. The van der Waals surface area contributed by atoms with Gasteiger partial charge in [-0.25, -0.2) is 0 Å². The summed E-state index contributed by atoms with van der Waals surface area (Å²) in [5.74, 6) is -0.669. The van der Waals surface area contributed by atoms with E-state index in [4.69, 9.17) is 9.47 Å². The summed E-state index contributed by atoms with van der Waals surface area (Å²) in [6.07, 6.45) is 3.66. The van der Waals surface area contributed by atoms with E-state index < -0.39 is 18.2 Å². The summed E-state index contributed by atoms with van der Waals surface area (Å²) < 4.78 is 11.1. The first-order valence-electron chi connectivity index (χ1n) is 14.0. The van der Waals surface area contributed by atoms with Crippen LogP contribution < -0.4 is 10.2 Å². The second-order valence-corrected chi connectivity index (χ2v) is 12.4. The molecule has 3 heterocycles. The standard InChI is InChI=1S/C29H42N4O5/c1-29(2,3)16-22(28(36)33-17-24(37-4)26-25(33)23(34)18-38-26)30-27(35)19-8-10-21(11-9-19)32-14-12-31(13-15-32)20-6-5-7-20/h8-11,20,22,24-26H,5-7,12-18H2,1-4H3,(H,30,35)/t22-,24+,25+,26+/m0/s1. The molecule has 1 aliphatic carbocycles. The lowest BCUT2D eigenvalue weighted by molar-refractivity contribution is -0.138. The number of carbonyl (C=O) groups is 3. The Balaban J connectivity index is 1.24. The zero-order chi connectivity index (χ0) is 27.0. The van der Waals surface area contributed by atoms with Gasteiger partial charge in [0.15, 0.2) is 5.78 Å². The van der Waals surface area contributed by atoms with Crippen molar-refractivity contribution in [1.29, 1.82) is 0 Å². The number of amides is 2. The van der Waals surface area contributed by atoms with Gasteiger partial charge in [0.1, 0.15) is 30.9 Å². The third-order valence-corrected chi connectivity index (χ3v) is 8.54. The topological polar surface area (TPSA) is 91.4 Å². The van der Waals surface area contributed by atoms with Gasteiger partial charge in [-0.15, -0.1) is 0 Å². The average molecular weight is 527 g/mol. The summed E-state index contributed by atoms with van der Waals surface area (Å²) in [5.41, 5.74) is 1.42. The zero-order valence-electron chi connectivity index (χ0n) is 23.2. The molecule has 38 heavy (non-hydrogen) atoms. The molecule has 208 valence electrons. The number of hydrogen-bond donors (Lipinski definition) is 1. The minimum absolute atomic E-state index is 0.0166. The van der Waals surface area contributed by atoms with Crippen LogP contribution in [0.3, 0.4) is 0 Å². The molecule has 3 saturated heterocycles. The van der Waals surface area contributed by atoms with E-state index in [0.717, 1.165) is 37.9 Å². The highest BCUT2D eigenvalue weighted by atomic mass is 16.5. The Morgan fingerprint density at radius 3 is 2.37 bits per heavy atom. The van der Waals surface area contributed by atoms with E-state index in [2.05, 4.69) is 15.1 Å². The van der Waals surface area contributed by atoms with Gasteiger partial charge < -0.3 is 24.6 Å². The van der Waals surface area contributed by atoms with Crippen molar-refractivity contribution in [2.45, 2.75) is 76.8 Å². The van der Waals surface area contributed by atoms with Gasteiger partial charge >= 0.3 is 0 Å². The summed E-state index contributed by atoms with van der Waals surface area (Å²) in [6, 6.07) is 7.03. The first-order valence-corrected chi connectivity index (χ1v) is 14.0. The van der Waals surface area contributed by atoms with Crippen molar-refractivity contribution in [2.75, 3.05) is 51.3 Å². The van der Waals surface area contributed by atoms with Gasteiger partial charge in [0.2, 0.25) is 5.91 Å². The van der Waals surface area contributed by atoms with Crippen molar-refractivity contribution in [3.8, 4) is 0 Å². The molecule has 2 amide bonds. The van der Waals surface area contributed by atoms with E-state index in [1.54, 1.807) is 12.0 Å². The quantitative estimate of drug-likeness (QED) is 0.582. The van der Waals surface area contributed by atoms with Crippen LogP contribution in [0.2, 0.25) is 0 Å². The number of carbonyl (C=O) groups excluding carboxylic acids is 3. The minimum atomic E-state index is -0.758. The molecule has 5 rings (SSSR count). The monoisotopic (exact) mass is 526 g/mol. The van der Waals surface area contributed by atoms with Gasteiger partial charge in [-0.3, -0.25) is 19.3 Å². The lowest BCUT2D eigenvalue weighted by Crippen LogP contribution is -2.53. The first kappa shape index (κ1) is 27.1. The molecule has 4 aliphatic rings. The lowest BCUT2D eigenvalue weighted by Gasteiger charge is -2.43. The molecule has 0 spiro atoms. The largest absolute Gasteiger partial charge is 0.377 e. The molecule has 0 bridgehead atoms. The Morgan fingerprint density at radius 1 is 1.11 bits per heavy atom. The second kappa shape index (κ2) is 10.9. The van der Waals surface area contributed by atoms with Crippen molar-refractivity contribution in [3.63, 3.8) is 0 Å². The maximum Gasteiger partial charge on any atom is 0.251 e. The SMILES string of the molecule is CO[C@@H]1CN(C(=O)[C@H](CC(C)(C)C)NC(=O)c2ccc(N3CCN(C4CCC4)CC3)cc2)[C@@H]2C(=O)CO[C@@H]21. The van der Waals surface area contributed by atoms with Crippen molar-refractivity contribution in [1.82, 2.24) is 15.1 Å². The molecule has 1 aromatic rings. The number of piperazine rings is 1. The van der Waals surface area contributed by atoms with Gasteiger partial charge in [0, 0.05) is 50.6 Å². The molecular formula is C29H42N4O5. The average Bonchev–Trinajstić information content (AvgIpc) is 3.42. The molecule has 9 nitrogen and oxygen atoms in total. The van der Waals surface area contributed by atoms with Crippen molar-refractivity contribution >= 4 is 23.3 Å². The van der Waals surface area contributed by atoms with E-state index in [0.29, 0.717) is 12.0 Å². The molecule has 1 aromatic carbocycles. The molecule has 0 aromatic heterocycles. The molecule has 1 N–H and O–H groups in total. The summed E-state index contributed by atoms with van der Waals surface area (Å²) in [7, 11) is 1.56. The van der Waals surface area contributed by atoms with Crippen LogP contribution in [-0.2, 0) is 19.1 Å². The van der Waals surface area contributed by atoms with Crippen LogP contribution in [0.15, 0.2) is 24.3 Å². The van der Waals surface area contributed by atoms with E-state index >= 15 is 0 Å². The van der Waals surface area contributed by atoms with Crippen LogP contribution in [-0.4, -0.2) is 104 Å². The van der Waals surface area contributed by atoms with Crippen LogP contribution in [0.4, 0.5) is 5.69 Å². The Kier molecular flexibility index (Phi) is 7.80. The number of anilines is 1. The Labute approximate surface area is 225 Å². The fourth-order valence-electron chi connectivity index (χ4n) is 6.22. The summed E-state index contributed by atoms with van der Waals surface area (Å²) in [5, 5.41) is 2.98. The van der Waals surface area contributed by atoms with Crippen molar-refractivity contribution < 1.29 is 23.9 Å². The number of nitrogens with one attached hydrogen (secondary N) is 1. The van der Waals surface area contributed by atoms with Gasteiger partial charge in [0.25, 0.3) is 5.91 Å². The fraction of sp³-hybridized carbons (Fsp3) is 0.690. The summed E-state index contributed by atoms with van der Waals surface area (Å²) in [6.45, 7) is 10.5. The van der Waals surface area contributed by atoms with Crippen LogP contribution in [0, 0.1) is 5.41 Å². The predicted octanol–water partition coefficient (Wildman–Crippen LogP) is 2.09. The number of ketones is 1. The molecular weight excluding hydrogens is 484 g/mol. The van der Waals surface area contributed by atoms with Crippen LogP contribution in [0.1, 0.15) is 56.8 Å². The number of nitrogens with zero attached hydrogens (tertiary/aromatic N) is 3. The van der Waals surface area contributed by atoms with E-state index in [9.17, 15) is 14.4 Å². The maximum atomic E-state index is 13.7. The molecule has 1 saturated carbocycles. The Morgan fingerprint density at radius 2 is 1.79 bits per heavy atom. The summed E-state index contributed by atoms with van der Waals surface area (Å²) in [4.78, 5) is 46.1. The number of methoxy groups -OCH3 is 1. The normalized spacial score (nSPS) is 27.3. The summed E-state index contributed by atoms with van der Waals surface area (Å²) >= 11 is 0. The number of ether oxygens (including phenoxy) is 2. The van der Waals surface area contributed by atoms with E-state index in [1.807, 2.05) is 45.0 Å². The smallest absolute Gasteiger partial charge is 0.251 e. The van der Waals surface area contributed by atoms with Gasteiger partial charge in [0.05, 0.1) is 6.54 Å². The zero-order valence-corrected chi connectivity index (χ0v) is 23.2. The van der Waals surface area contributed by atoms with Crippen molar-refractivity contribution in [3.05, 3.63) is 29.8 Å². The van der Waals surface area contributed by atoms with Crippen LogP contribution in [0.25, 0.3) is 0 Å². The van der Waals surface area contributed by atoms with Gasteiger partial charge in [-0.1, -0.05) is 27.2 Å². The highest BCUT2D eigenvalue weighted by molar-refractivity contribution is 5.99. The number of rotatable bonds is 7. The molecule has 9 heteroatoms. The van der Waals surface area contributed by atoms with Gasteiger partial charge in [-0.2, -0.15) is 0 Å². The maximum absolute atomic E-state index is 13.7. The minimum Gasteiger partial charge on any atom is -0.377 e. The molecule has 0 radical (unpaired) electrons. The highest BCUT2D eigenvalue weighted by Gasteiger charge is 2.53. The van der Waals surface area contributed by atoms with Gasteiger partial charge in [-0.05, 0) is 48.9 Å². The number of benzene rings is 1. The number of hydrogen-bond acceptors (Lipinski definition) is 7. The van der Waals surface area contributed by atoms with E-state index in [-0.39, 0.29) is 42.3 Å². The third-order valence-electron chi connectivity index (χ3n) is 8.54. The number of Topliss-reactive ketones (excluding diaryl/α,β-unsaturated/α-hetero) is 1. The molecule has 4 fully saturated rings.